The Labute approximate surface area is 145 Å². The maximum atomic E-state index is 12.2. The maximum Gasteiger partial charge on any atom is 0.258 e. The van der Waals surface area contributed by atoms with E-state index in [0.717, 1.165) is 11.3 Å². The molecule has 0 aliphatic heterocycles. The zero-order valence-electron chi connectivity index (χ0n) is 13.0. The Morgan fingerprint density at radius 2 is 1.83 bits per heavy atom. The molecule has 0 aliphatic carbocycles. The van der Waals surface area contributed by atoms with Crippen molar-refractivity contribution in [1.29, 1.82) is 0 Å². The number of aromatic nitrogens is 1. The van der Waals surface area contributed by atoms with Gasteiger partial charge in [-0.05, 0) is 61.0 Å². The van der Waals surface area contributed by atoms with Gasteiger partial charge < -0.3 is 10.1 Å². The molecule has 0 saturated carbocycles. The van der Waals surface area contributed by atoms with E-state index in [9.17, 15) is 4.79 Å². The van der Waals surface area contributed by atoms with Gasteiger partial charge in [-0.1, -0.05) is 23.7 Å². The van der Waals surface area contributed by atoms with Gasteiger partial charge in [0.1, 0.15) is 16.7 Å². The van der Waals surface area contributed by atoms with Crippen LogP contribution < -0.4 is 10.1 Å². The van der Waals surface area contributed by atoms with E-state index in [1.165, 1.54) is 6.20 Å². The van der Waals surface area contributed by atoms with Crippen LogP contribution in [-0.2, 0) is 0 Å². The summed E-state index contributed by atoms with van der Waals surface area (Å²) in [6, 6.07) is 18.2. The largest absolute Gasteiger partial charge is 0.457 e. The zero-order valence-corrected chi connectivity index (χ0v) is 13.7. The maximum absolute atomic E-state index is 12.2. The van der Waals surface area contributed by atoms with Crippen molar-refractivity contribution in [3.8, 4) is 11.5 Å². The lowest BCUT2D eigenvalue weighted by molar-refractivity contribution is 0.102. The number of nitrogens with zero attached hydrogens (tertiary/aromatic N) is 1. The summed E-state index contributed by atoms with van der Waals surface area (Å²) in [7, 11) is 0. The van der Waals surface area contributed by atoms with Gasteiger partial charge in [0.2, 0.25) is 0 Å². The molecule has 1 N–H and O–H groups in total. The SMILES string of the molecule is Cc1cccc(Oc2ccc(NC(=O)c3cccnc3Cl)cc2)c1. The average molecular weight is 339 g/mol. The van der Waals surface area contributed by atoms with Gasteiger partial charge in [-0.3, -0.25) is 4.79 Å². The Morgan fingerprint density at radius 1 is 1.04 bits per heavy atom. The highest BCUT2D eigenvalue weighted by atomic mass is 35.5. The van der Waals surface area contributed by atoms with E-state index in [1.807, 2.05) is 31.2 Å². The van der Waals surface area contributed by atoms with Gasteiger partial charge in [-0.25, -0.2) is 4.98 Å². The first-order valence-corrected chi connectivity index (χ1v) is 7.76. The van der Waals surface area contributed by atoms with Crippen LogP contribution in [0.5, 0.6) is 11.5 Å². The van der Waals surface area contributed by atoms with Crippen LogP contribution in [0.15, 0.2) is 66.9 Å². The molecule has 1 heterocycles. The molecule has 3 aromatic rings. The number of hydrogen-bond acceptors (Lipinski definition) is 3. The number of aryl methyl sites for hydroxylation is 1. The molecule has 0 aliphatic rings. The number of carbonyl (C=O) groups excluding carboxylic acids is 1. The average Bonchev–Trinajstić information content (AvgIpc) is 2.57. The second kappa shape index (κ2) is 7.15. The Morgan fingerprint density at radius 3 is 2.54 bits per heavy atom. The molecular weight excluding hydrogens is 324 g/mol. The number of amides is 1. The molecule has 2 aromatic carbocycles. The van der Waals surface area contributed by atoms with Crippen molar-refractivity contribution in [1.82, 2.24) is 4.98 Å². The molecule has 0 atom stereocenters. The second-order valence-electron chi connectivity index (χ2n) is 5.24. The highest BCUT2D eigenvalue weighted by molar-refractivity contribution is 6.33. The quantitative estimate of drug-likeness (QED) is 0.674. The van der Waals surface area contributed by atoms with Gasteiger partial charge in [0.05, 0.1) is 5.56 Å². The number of pyridine rings is 1. The molecular formula is C19H15ClN2O2. The molecule has 4 nitrogen and oxygen atoms in total. The number of anilines is 1. The summed E-state index contributed by atoms with van der Waals surface area (Å²) in [4.78, 5) is 16.1. The number of carbonyl (C=O) groups is 1. The first-order valence-electron chi connectivity index (χ1n) is 7.38. The molecule has 3 rings (SSSR count). The molecule has 0 bridgehead atoms. The van der Waals surface area contributed by atoms with Crippen molar-refractivity contribution in [3.63, 3.8) is 0 Å². The third-order valence-electron chi connectivity index (χ3n) is 3.34. The fourth-order valence-corrected chi connectivity index (χ4v) is 2.38. The van der Waals surface area contributed by atoms with Crippen molar-refractivity contribution in [3.05, 3.63) is 83.1 Å². The Hall–Kier alpha value is -2.85. The van der Waals surface area contributed by atoms with Crippen molar-refractivity contribution in [2.45, 2.75) is 6.92 Å². The van der Waals surface area contributed by atoms with Crippen LogP contribution in [0.25, 0.3) is 0 Å². The molecule has 0 radical (unpaired) electrons. The predicted octanol–water partition coefficient (Wildman–Crippen LogP) is 5.09. The van der Waals surface area contributed by atoms with Gasteiger partial charge in [0.15, 0.2) is 0 Å². The smallest absolute Gasteiger partial charge is 0.258 e. The number of benzene rings is 2. The standard InChI is InChI=1S/C19H15ClN2O2/c1-13-4-2-5-16(12-13)24-15-9-7-14(8-10-15)22-19(23)17-6-3-11-21-18(17)20/h2-12H,1H3,(H,22,23). The van der Waals surface area contributed by atoms with E-state index in [1.54, 1.807) is 36.4 Å². The number of hydrogen-bond donors (Lipinski definition) is 1. The fraction of sp³-hybridized carbons (Fsp3) is 0.0526. The molecule has 5 heteroatoms. The number of rotatable bonds is 4. The molecule has 1 amide bonds. The Bertz CT molecular complexity index is 863. The number of ether oxygens (including phenoxy) is 1. The van der Waals surface area contributed by atoms with Gasteiger partial charge in [0.25, 0.3) is 5.91 Å². The van der Waals surface area contributed by atoms with Gasteiger partial charge in [0, 0.05) is 11.9 Å². The third-order valence-corrected chi connectivity index (χ3v) is 3.64. The zero-order chi connectivity index (χ0) is 16.9. The summed E-state index contributed by atoms with van der Waals surface area (Å²) in [5.41, 5.74) is 2.11. The summed E-state index contributed by atoms with van der Waals surface area (Å²) in [5.74, 6) is 1.16. The van der Waals surface area contributed by atoms with Crippen LogP contribution in [0.4, 0.5) is 5.69 Å². The minimum Gasteiger partial charge on any atom is -0.457 e. The van der Waals surface area contributed by atoms with E-state index in [2.05, 4.69) is 10.3 Å². The summed E-state index contributed by atoms with van der Waals surface area (Å²) >= 11 is 5.92. The monoisotopic (exact) mass is 338 g/mol. The molecule has 120 valence electrons. The van der Waals surface area contributed by atoms with Gasteiger partial charge in [-0.15, -0.1) is 0 Å². The number of nitrogens with one attached hydrogen (secondary N) is 1. The lowest BCUT2D eigenvalue weighted by Gasteiger charge is -2.09. The highest BCUT2D eigenvalue weighted by Crippen LogP contribution is 2.24. The lowest BCUT2D eigenvalue weighted by Crippen LogP contribution is -2.12. The van der Waals surface area contributed by atoms with Gasteiger partial charge in [-0.2, -0.15) is 0 Å². The minimum atomic E-state index is -0.305. The van der Waals surface area contributed by atoms with Gasteiger partial charge >= 0.3 is 0 Å². The number of halogens is 1. The van der Waals surface area contributed by atoms with Crippen molar-refractivity contribution >= 4 is 23.2 Å². The molecule has 0 fully saturated rings. The van der Waals surface area contributed by atoms with Crippen LogP contribution in [0.2, 0.25) is 5.15 Å². The second-order valence-corrected chi connectivity index (χ2v) is 5.60. The van der Waals surface area contributed by atoms with Crippen molar-refractivity contribution in [2.75, 3.05) is 5.32 Å². The van der Waals surface area contributed by atoms with Crippen molar-refractivity contribution < 1.29 is 9.53 Å². The van der Waals surface area contributed by atoms with Crippen molar-refractivity contribution in [2.24, 2.45) is 0 Å². The molecule has 0 unspecified atom stereocenters. The minimum absolute atomic E-state index is 0.175. The van der Waals surface area contributed by atoms with Crippen LogP contribution in [0.3, 0.4) is 0 Å². The van der Waals surface area contributed by atoms with Crippen LogP contribution in [0, 0.1) is 6.92 Å². The summed E-state index contributed by atoms with van der Waals surface area (Å²) < 4.78 is 5.78. The predicted molar refractivity (Wildman–Crippen MR) is 94.9 cm³/mol. The Kier molecular flexibility index (Phi) is 4.77. The third kappa shape index (κ3) is 3.91. The Balaban J connectivity index is 1.68. The van der Waals surface area contributed by atoms with E-state index < -0.39 is 0 Å². The molecule has 1 aromatic heterocycles. The first kappa shape index (κ1) is 16.0. The fourth-order valence-electron chi connectivity index (χ4n) is 2.18. The van der Waals surface area contributed by atoms with Crippen LogP contribution in [0.1, 0.15) is 15.9 Å². The first-order chi connectivity index (χ1) is 11.6. The normalized spacial score (nSPS) is 10.2. The van der Waals surface area contributed by atoms with Crippen LogP contribution in [-0.4, -0.2) is 10.9 Å². The topological polar surface area (TPSA) is 51.2 Å². The lowest BCUT2D eigenvalue weighted by atomic mass is 10.2. The van der Waals surface area contributed by atoms with E-state index >= 15 is 0 Å². The van der Waals surface area contributed by atoms with E-state index in [0.29, 0.717) is 17.0 Å². The molecule has 24 heavy (non-hydrogen) atoms. The van der Waals surface area contributed by atoms with E-state index in [4.69, 9.17) is 16.3 Å². The summed E-state index contributed by atoms with van der Waals surface area (Å²) in [6.45, 7) is 2.01. The molecule has 0 spiro atoms. The summed E-state index contributed by atoms with van der Waals surface area (Å²) in [6.07, 6.45) is 1.54. The van der Waals surface area contributed by atoms with E-state index in [-0.39, 0.29) is 11.1 Å². The summed E-state index contributed by atoms with van der Waals surface area (Å²) in [5, 5.41) is 2.96. The molecule has 0 saturated heterocycles. The highest BCUT2D eigenvalue weighted by Gasteiger charge is 2.10. The van der Waals surface area contributed by atoms with Crippen LogP contribution >= 0.6 is 11.6 Å².